The minimum absolute atomic E-state index is 0.0237. The van der Waals surface area contributed by atoms with Gasteiger partial charge in [-0.3, -0.25) is 0 Å². The highest BCUT2D eigenvalue weighted by Crippen LogP contribution is 2.34. The molecule has 130 valence electrons. The molecule has 1 N–H and O–H groups in total. The van der Waals surface area contributed by atoms with E-state index in [1.54, 1.807) is 13.0 Å². The number of thioether (sulfide) groups is 1. The smallest absolute Gasteiger partial charge is 0.342 e. The summed E-state index contributed by atoms with van der Waals surface area (Å²) in [6, 6.07) is 11.3. The van der Waals surface area contributed by atoms with Crippen LogP contribution in [0.15, 0.2) is 50.9 Å². The van der Waals surface area contributed by atoms with Crippen LogP contribution in [0.2, 0.25) is 0 Å². The molecule has 0 amide bonds. The standard InChI is InChI=1S/C19H14N2O4S/c1-3-10-24-16-9-8-13-6-4-5-7-14(13)15(16)11-17(18(22)23)26-19-21-20-12(2)25-19/h1,4-9,11H,10H2,2H3,(H,22,23)/b17-11-. The van der Waals surface area contributed by atoms with Gasteiger partial charge in [-0.05, 0) is 34.7 Å². The Morgan fingerprint density at radius 2 is 2.15 bits per heavy atom. The fourth-order valence-electron chi connectivity index (χ4n) is 2.35. The van der Waals surface area contributed by atoms with Gasteiger partial charge in [-0.15, -0.1) is 16.6 Å². The van der Waals surface area contributed by atoms with Crippen molar-refractivity contribution in [1.82, 2.24) is 10.2 Å². The Hall–Kier alpha value is -3.24. The summed E-state index contributed by atoms with van der Waals surface area (Å²) < 4.78 is 10.9. The number of aryl methyl sites for hydroxylation is 1. The third kappa shape index (κ3) is 3.87. The number of ether oxygens (including phenoxy) is 1. The minimum atomic E-state index is -1.11. The highest BCUT2D eigenvalue weighted by molar-refractivity contribution is 8.03. The van der Waals surface area contributed by atoms with Crippen molar-refractivity contribution >= 4 is 34.6 Å². The number of aromatic nitrogens is 2. The first-order valence-electron chi connectivity index (χ1n) is 7.59. The van der Waals surface area contributed by atoms with Crippen LogP contribution in [0.4, 0.5) is 0 Å². The number of rotatable bonds is 6. The number of carboxylic acids is 1. The maximum Gasteiger partial charge on any atom is 0.342 e. The van der Waals surface area contributed by atoms with E-state index in [1.165, 1.54) is 6.08 Å². The molecule has 0 bridgehead atoms. The van der Waals surface area contributed by atoms with Gasteiger partial charge < -0.3 is 14.3 Å². The largest absolute Gasteiger partial charge is 0.480 e. The Labute approximate surface area is 153 Å². The molecule has 6 nitrogen and oxygen atoms in total. The van der Waals surface area contributed by atoms with Crippen LogP contribution in [-0.2, 0) is 4.79 Å². The molecule has 0 aliphatic carbocycles. The molecule has 1 heterocycles. The van der Waals surface area contributed by atoms with Crippen molar-refractivity contribution in [2.75, 3.05) is 6.61 Å². The van der Waals surface area contributed by atoms with Gasteiger partial charge in [0.25, 0.3) is 5.22 Å². The van der Waals surface area contributed by atoms with Gasteiger partial charge in [0.2, 0.25) is 5.89 Å². The van der Waals surface area contributed by atoms with Crippen molar-refractivity contribution in [2.24, 2.45) is 0 Å². The van der Waals surface area contributed by atoms with Crippen molar-refractivity contribution in [3.8, 4) is 18.1 Å². The van der Waals surface area contributed by atoms with Crippen LogP contribution in [-0.4, -0.2) is 27.9 Å². The fourth-order valence-corrected chi connectivity index (χ4v) is 3.05. The first kappa shape index (κ1) is 17.6. The zero-order valence-corrected chi connectivity index (χ0v) is 14.6. The summed E-state index contributed by atoms with van der Waals surface area (Å²) in [5.74, 6) is 2.17. The highest BCUT2D eigenvalue weighted by atomic mass is 32.2. The summed E-state index contributed by atoms with van der Waals surface area (Å²) in [6.45, 7) is 1.72. The van der Waals surface area contributed by atoms with E-state index in [9.17, 15) is 9.90 Å². The predicted octanol–water partition coefficient (Wildman–Crippen LogP) is 3.76. The highest BCUT2D eigenvalue weighted by Gasteiger charge is 2.17. The summed E-state index contributed by atoms with van der Waals surface area (Å²) in [5.41, 5.74) is 0.625. The van der Waals surface area contributed by atoms with Crippen LogP contribution in [0.5, 0.6) is 5.75 Å². The molecular formula is C19H14N2O4S. The number of hydrogen-bond donors (Lipinski definition) is 1. The van der Waals surface area contributed by atoms with E-state index in [0.717, 1.165) is 22.5 Å². The summed E-state index contributed by atoms with van der Waals surface area (Å²) >= 11 is 0.879. The molecule has 0 aliphatic rings. The number of aliphatic carboxylic acids is 1. The number of carboxylic acid groups (broad SMARTS) is 1. The van der Waals surface area contributed by atoms with E-state index in [-0.39, 0.29) is 16.7 Å². The molecule has 0 fully saturated rings. The third-order valence-corrected chi connectivity index (χ3v) is 4.28. The Balaban J connectivity index is 2.11. The van der Waals surface area contributed by atoms with Gasteiger partial charge in [-0.1, -0.05) is 36.3 Å². The molecule has 3 aromatic rings. The average Bonchev–Trinajstić information content (AvgIpc) is 3.05. The minimum Gasteiger partial charge on any atom is -0.480 e. The van der Waals surface area contributed by atoms with Gasteiger partial charge in [0.15, 0.2) is 0 Å². The lowest BCUT2D eigenvalue weighted by Gasteiger charge is -2.11. The van der Waals surface area contributed by atoms with E-state index in [2.05, 4.69) is 16.1 Å². The van der Waals surface area contributed by atoms with Gasteiger partial charge in [-0.2, -0.15) is 0 Å². The van der Waals surface area contributed by atoms with Gasteiger partial charge in [0.1, 0.15) is 17.3 Å². The van der Waals surface area contributed by atoms with E-state index in [1.807, 2.05) is 30.3 Å². The van der Waals surface area contributed by atoms with E-state index >= 15 is 0 Å². The Morgan fingerprint density at radius 1 is 1.35 bits per heavy atom. The maximum atomic E-state index is 11.7. The molecule has 2 aromatic carbocycles. The summed E-state index contributed by atoms with van der Waals surface area (Å²) in [7, 11) is 0. The normalized spacial score (nSPS) is 11.3. The molecule has 7 heteroatoms. The molecule has 0 saturated heterocycles. The van der Waals surface area contributed by atoms with Crippen LogP contribution < -0.4 is 4.74 Å². The van der Waals surface area contributed by atoms with E-state index in [4.69, 9.17) is 15.6 Å². The van der Waals surface area contributed by atoms with Gasteiger partial charge in [-0.25, -0.2) is 4.79 Å². The molecule has 0 spiro atoms. The third-order valence-electron chi connectivity index (χ3n) is 3.43. The number of benzene rings is 2. The first-order valence-corrected chi connectivity index (χ1v) is 8.41. The summed E-state index contributed by atoms with van der Waals surface area (Å²) in [4.78, 5) is 11.7. The zero-order valence-electron chi connectivity index (χ0n) is 13.8. The second-order valence-electron chi connectivity index (χ2n) is 5.19. The lowest BCUT2D eigenvalue weighted by molar-refractivity contribution is -0.131. The molecule has 3 rings (SSSR count). The molecular weight excluding hydrogens is 352 g/mol. The fraction of sp³-hybridized carbons (Fsp3) is 0.105. The Bertz CT molecular complexity index is 1030. The monoisotopic (exact) mass is 366 g/mol. The maximum absolute atomic E-state index is 11.7. The summed E-state index contributed by atoms with van der Waals surface area (Å²) in [5, 5.41) is 19.1. The molecule has 1 aromatic heterocycles. The van der Waals surface area contributed by atoms with Crippen molar-refractivity contribution in [2.45, 2.75) is 12.1 Å². The second-order valence-corrected chi connectivity index (χ2v) is 6.19. The van der Waals surface area contributed by atoms with E-state index < -0.39 is 5.97 Å². The Kier molecular flexibility index (Phi) is 5.25. The van der Waals surface area contributed by atoms with Crippen LogP contribution in [0, 0.1) is 19.3 Å². The quantitative estimate of drug-likeness (QED) is 0.404. The zero-order chi connectivity index (χ0) is 18.5. The first-order chi connectivity index (χ1) is 12.6. The van der Waals surface area contributed by atoms with Crippen molar-refractivity contribution in [3.05, 3.63) is 52.8 Å². The molecule has 0 radical (unpaired) electrons. The number of terminal acetylenes is 1. The number of hydrogen-bond acceptors (Lipinski definition) is 6. The van der Waals surface area contributed by atoms with Gasteiger partial charge >= 0.3 is 5.97 Å². The van der Waals surface area contributed by atoms with E-state index in [0.29, 0.717) is 17.2 Å². The number of nitrogens with zero attached hydrogens (tertiary/aromatic N) is 2. The predicted molar refractivity (Wildman–Crippen MR) is 98.8 cm³/mol. The molecule has 0 unspecified atom stereocenters. The molecule has 0 saturated carbocycles. The van der Waals surface area contributed by atoms with Crippen molar-refractivity contribution < 1.29 is 19.1 Å². The lowest BCUT2D eigenvalue weighted by atomic mass is 10.0. The second kappa shape index (κ2) is 7.76. The molecule has 0 aliphatic heterocycles. The number of carbonyl (C=O) groups is 1. The molecule has 0 atom stereocenters. The van der Waals surface area contributed by atoms with Gasteiger partial charge in [0.05, 0.1) is 0 Å². The summed E-state index contributed by atoms with van der Waals surface area (Å²) in [6.07, 6.45) is 6.81. The molecule has 26 heavy (non-hydrogen) atoms. The van der Waals surface area contributed by atoms with Crippen molar-refractivity contribution in [3.63, 3.8) is 0 Å². The van der Waals surface area contributed by atoms with Crippen molar-refractivity contribution in [1.29, 1.82) is 0 Å². The average molecular weight is 366 g/mol. The van der Waals surface area contributed by atoms with Crippen LogP contribution in [0.25, 0.3) is 16.8 Å². The topological polar surface area (TPSA) is 85.5 Å². The number of fused-ring (bicyclic) bond motifs is 1. The lowest BCUT2D eigenvalue weighted by Crippen LogP contribution is -2.00. The van der Waals surface area contributed by atoms with Gasteiger partial charge in [0, 0.05) is 12.5 Å². The Morgan fingerprint density at radius 3 is 2.85 bits per heavy atom. The van der Waals surface area contributed by atoms with Crippen LogP contribution in [0.3, 0.4) is 0 Å². The van der Waals surface area contributed by atoms with Crippen LogP contribution in [0.1, 0.15) is 11.5 Å². The van der Waals surface area contributed by atoms with Crippen LogP contribution >= 0.6 is 11.8 Å². The SMILES string of the molecule is C#CCOc1ccc2ccccc2c1/C=C(\Sc1nnc(C)o1)C(=O)O.